The van der Waals surface area contributed by atoms with Gasteiger partial charge in [-0.05, 0) is 46.2 Å². The molecule has 0 radical (unpaired) electrons. The van der Waals surface area contributed by atoms with Crippen LogP contribution in [-0.2, 0) is 20.4 Å². The Labute approximate surface area is 156 Å². The van der Waals surface area contributed by atoms with Crippen LogP contribution in [0.3, 0.4) is 0 Å². The summed E-state index contributed by atoms with van der Waals surface area (Å²) in [4.78, 5) is 24.2. The molecule has 0 spiro atoms. The van der Waals surface area contributed by atoms with E-state index in [9.17, 15) is 9.59 Å². The van der Waals surface area contributed by atoms with Gasteiger partial charge in [0.25, 0.3) is 0 Å². The maximum atomic E-state index is 12.1. The molecule has 2 N–H and O–H groups in total. The van der Waals surface area contributed by atoms with Gasteiger partial charge in [-0.3, -0.25) is 9.59 Å². The second kappa shape index (κ2) is 7.32. The molecule has 0 aromatic heterocycles. The van der Waals surface area contributed by atoms with Gasteiger partial charge >= 0.3 is 11.8 Å². The number of rotatable bonds is 2. The zero-order chi connectivity index (χ0) is 19.5. The lowest BCUT2D eigenvalue weighted by Gasteiger charge is -2.19. The number of hydrogen-bond acceptors (Lipinski definition) is 2. The number of anilines is 2. The highest BCUT2D eigenvalue weighted by Crippen LogP contribution is 2.24. The SMILES string of the molecule is CC(C)(C)c1ccc(NC(=O)C(=O)Nc2ccc(C(C)(C)C)cc2)cc1. The van der Waals surface area contributed by atoms with Gasteiger partial charge < -0.3 is 10.6 Å². The van der Waals surface area contributed by atoms with Gasteiger partial charge in [-0.2, -0.15) is 0 Å². The highest BCUT2D eigenvalue weighted by molar-refractivity contribution is 6.43. The second-order valence-corrected chi connectivity index (χ2v) is 8.56. The van der Waals surface area contributed by atoms with Crippen LogP contribution in [0.4, 0.5) is 11.4 Å². The molecule has 0 bridgehead atoms. The first kappa shape index (κ1) is 19.7. The molecular formula is C22H28N2O2. The van der Waals surface area contributed by atoms with Crippen LogP contribution < -0.4 is 10.6 Å². The summed E-state index contributed by atoms with van der Waals surface area (Å²) in [5, 5.41) is 5.25. The number of nitrogens with one attached hydrogen (secondary N) is 2. The lowest BCUT2D eigenvalue weighted by molar-refractivity contribution is -0.132. The minimum Gasteiger partial charge on any atom is -0.318 e. The fourth-order valence-electron chi connectivity index (χ4n) is 2.48. The van der Waals surface area contributed by atoms with E-state index in [1.54, 1.807) is 0 Å². The summed E-state index contributed by atoms with van der Waals surface area (Å²) in [6, 6.07) is 15.1. The molecule has 0 unspecified atom stereocenters. The molecule has 138 valence electrons. The largest absolute Gasteiger partial charge is 0.318 e. The molecule has 2 amide bonds. The van der Waals surface area contributed by atoms with Crippen molar-refractivity contribution in [2.45, 2.75) is 52.4 Å². The van der Waals surface area contributed by atoms with E-state index in [4.69, 9.17) is 0 Å². The third kappa shape index (κ3) is 5.19. The van der Waals surface area contributed by atoms with E-state index in [2.05, 4.69) is 52.2 Å². The van der Waals surface area contributed by atoms with Crippen molar-refractivity contribution in [1.29, 1.82) is 0 Å². The Balaban J connectivity index is 1.98. The van der Waals surface area contributed by atoms with Crippen LogP contribution in [0.5, 0.6) is 0 Å². The molecule has 2 rings (SSSR count). The Hall–Kier alpha value is -2.62. The van der Waals surface area contributed by atoms with Crippen LogP contribution in [0.25, 0.3) is 0 Å². The molecule has 0 atom stereocenters. The summed E-state index contributed by atoms with van der Waals surface area (Å²) in [5.74, 6) is -1.37. The van der Waals surface area contributed by atoms with E-state index < -0.39 is 11.8 Å². The number of amides is 2. The maximum Gasteiger partial charge on any atom is 0.314 e. The summed E-state index contributed by atoms with van der Waals surface area (Å²) in [6.45, 7) is 12.7. The second-order valence-electron chi connectivity index (χ2n) is 8.56. The molecule has 0 aliphatic heterocycles. The molecule has 0 aliphatic carbocycles. The van der Waals surface area contributed by atoms with Crippen molar-refractivity contribution in [3.05, 3.63) is 59.7 Å². The average molecular weight is 352 g/mol. The van der Waals surface area contributed by atoms with Crippen LogP contribution in [0.2, 0.25) is 0 Å². The number of carbonyl (C=O) groups is 2. The molecule has 2 aromatic rings. The Morgan fingerprint density at radius 3 is 1.08 bits per heavy atom. The smallest absolute Gasteiger partial charge is 0.314 e. The first-order valence-corrected chi connectivity index (χ1v) is 8.80. The Morgan fingerprint density at radius 2 is 0.846 bits per heavy atom. The highest BCUT2D eigenvalue weighted by Gasteiger charge is 2.17. The third-order valence-electron chi connectivity index (χ3n) is 4.22. The van der Waals surface area contributed by atoms with Crippen LogP contribution in [-0.4, -0.2) is 11.8 Å². The van der Waals surface area contributed by atoms with Crippen molar-refractivity contribution in [1.82, 2.24) is 0 Å². The minimum atomic E-state index is -0.687. The molecule has 0 saturated carbocycles. The molecule has 0 saturated heterocycles. The van der Waals surface area contributed by atoms with Gasteiger partial charge in [0.1, 0.15) is 0 Å². The zero-order valence-electron chi connectivity index (χ0n) is 16.4. The molecule has 4 heteroatoms. The quantitative estimate of drug-likeness (QED) is 0.758. The molecular weight excluding hydrogens is 324 g/mol. The van der Waals surface area contributed by atoms with Gasteiger partial charge in [0.2, 0.25) is 0 Å². The normalized spacial score (nSPS) is 11.8. The van der Waals surface area contributed by atoms with Gasteiger partial charge in [-0.15, -0.1) is 0 Å². The predicted molar refractivity (Wildman–Crippen MR) is 108 cm³/mol. The van der Waals surface area contributed by atoms with E-state index in [0.29, 0.717) is 11.4 Å². The van der Waals surface area contributed by atoms with E-state index in [1.165, 1.54) is 11.1 Å². The van der Waals surface area contributed by atoms with Crippen LogP contribution >= 0.6 is 0 Å². The van der Waals surface area contributed by atoms with Gasteiger partial charge in [0.15, 0.2) is 0 Å². The summed E-state index contributed by atoms with van der Waals surface area (Å²) in [6.07, 6.45) is 0. The van der Waals surface area contributed by atoms with Gasteiger partial charge in [0, 0.05) is 11.4 Å². The summed E-state index contributed by atoms with van der Waals surface area (Å²) in [7, 11) is 0. The molecule has 2 aromatic carbocycles. The summed E-state index contributed by atoms with van der Waals surface area (Å²) >= 11 is 0. The Kier molecular flexibility index (Phi) is 5.55. The molecule has 26 heavy (non-hydrogen) atoms. The third-order valence-corrected chi connectivity index (χ3v) is 4.22. The monoisotopic (exact) mass is 352 g/mol. The minimum absolute atomic E-state index is 0.0408. The molecule has 0 fully saturated rings. The van der Waals surface area contributed by atoms with Crippen molar-refractivity contribution in [2.75, 3.05) is 10.6 Å². The average Bonchev–Trinajstić information content (AvgIpc) is 2.54. The first-order valence-electron chi connectivity index (χ1n) is 8.80. The highest BCUT2D eigenvalue weighted by atomic mass is 16.2. The van der Waals surface area contributed by atoms with Crippen molar-refractivity contribution < 1.29 is 9.59 Å². The fourth-order valence-corrected chi connectivity index (χ4v) is 2.48. The lowest BCUT2D eigenvalue weighted by Crippen LogP contribution is -2.29. The van der Waals surface area contributed by atoms with Crippen molar-refractivity contribution in [2.24, 2.45) is 0 Å². The Bertz CT molecular complexity index is 707. The summed E-state index contributed by atoms with van der Waals surface area (Å²) in [5.41, 5.74) is 3.61. The number of benzene rings is 2. The summed E-state index contributed by atoms with van der Waals surface area (Å²) < 4.78 is 0. The zero-order valence-corrected chi connectivity index (χ0v) is 16.4. The van der Waals surface area contributed by atoms with Crippen molar-refractivity contribution >= 4 is 23.2 Å². The van der Waals surface area contributed by atoms with Gasteiger partial charge in [-0.25, -0.2) is 0 Å². The van der Waals surface area contributed by atoms with E-state index in [0.717, 1.165) is 0 Å². The topological polar surface area (TPSA) is 58.2 Å². The first-order chi connectivity index (χ1) is 12.0. The van der Waals surface area contributed by atoms with Crippen LogP contribution in [0.15, 0.2) is 48.5 Å². The van der Waals surface area contributed by atoms with E-state index >= 15 is 0 Å². The van der Waals surface area contributed by atoms with Crippen molar-refractivity contribution in [3.63, 3.8) is 0 Å². The predicted octanol–water partition coefficient (Wildman–Crippen LogP) is 4.86. The molecule has 4 nitrogen and oxygen atoms in total. The van der Waals surface area contributed by atoms with Gasteiger partial charge in [-0.1, -0.05) is 65.8 Å². The van der Waals surface area contributed by atoms with Crippen LogP contribution in [0, 0.1) is 0 Å². The maximum absolute atomic E-state index is 12.1. The van der Waals surface area contributed by atoms with E-state index in [-0.39, 0.29) is 10.8 Å². The number of carbonyl (C=O) groups excluding carboxylic acids is 2. The lowest BCUT2D eigenvalue weighted by atomic mass is 9.87. The van der Waals surface area contributed by atoms with Gasteiger partial charge in [0.05, 0.1) is 0 Å². The number of hydrogen-bond donors (Lipinski definition) is 2. The standard InChI is InChI=1S/C22H28N2O2/c1-21(2,3)15-7-11-17(12-8-15)23-19(25)20(26)24-18-13-9-16(10-14-18)22(4,5)6/h7-14H,1-6H3,(H,23,25)(H,24,26). The fraction of sp³-hybridized carbons (Fsp3) is 0.364. The van der Waals surface area contributed by atoms with E-state index in [1.807, 2.05) is 48.5 Å². The van der Waals surface area contributed by atoms with Crippen molar-refractivity contribution in [3.8, 4) is 0 Å². The molecule has 0 aliphatic rings. The Morgan fingerprint density at radius 1 is 0.577 bits per heavy atom. The van der Waals surface area contributed by atoms with Crippen LogP contribution in [0.1, 0.15) is 52.7 Å². The molecule has 0 heterocycles.